The number of hydrogen-bond acceptors (Lipinski definition) is 3. The molecule has 4 nitrogen and oxygen atoms in total. The fourth-order valence-corrected chi connectivity index (χ4v) is 2.31. The molecule has 0 heterocycles. The third-order valence-corrected chi connectivity index (χ3v) is 3.51. The van der Waals surface area contributed by atoms with Crippen molar-refractivity contribution in [2.45, 2.75) is 0 Å². The number of para-hydroxylation sites is 1. The Balaban J connectivity index is 1.55. The van der Waals surface area contributed by atoms with E-state index in [1.165, 1.54) is 12.1 Å². The van der Waals surface area contributed by atoms with Gasteiger partial charge in [0.1, 0.15) is 17.3 Å². The molecule has 0 aromatic heterocycles. The average molecular weight is 365 g/mol. The first-order chi connectivity index (χ1) is 12.7. The molecule has 0 radical (unpaired) electrons. The SMILES string of the molecule is Fc1ccc(NC(=S)N/N=C/c2cccc(Oc3ccccc3)c2)cc1. The molecule has 0 aliphatic carbocycles. The Kier molecular flexibility index (Phi) is 5.90. The topological polar surface area (TPSA) is 45.7 Å². The summed E-state index contributed by atoms with van der Waals surface area (Å²) >= 11 is 5.14. The molecule has 0 spiro atoms. The first-order valence-electron chi connectivity index (χ1n) is 7.88. The van der Waals surface area contributed by atoms with Gasteiger partial charge in [-0.3, -0.25) is 5.43 Å². The van der Waals surface area contributed by atoms with Crippen molar-refractivity contribution in [1.29, 1.82) is 0 Å². The third-order valence-electron chi connectivity index (χ3n) is 3.32. The van der Waals surface area contributed by atoms with Crippen LogP contribution in [0.2, 0.25) is 0 Å². The standard InChI is InChI=1S/C20H16FN3OS/c21-16-9-11-17(12-10-16)23-20(26)24-22-14-15-5-4-8-19(13-15)25-18-6-2-1-3-7-18/h1-14H,(H2,23,24,26)/b22-14+. The summed E-state index contributed by atoms with van der Waals surface area (Å²) in [6.07, 6.45) is 1.64. The van der Waals surface area contributed by atoms with Gasteiger partial charge in [0, 0.05) is 5.69 Å². The first kappa shape index (κ1) is 17.6. The normalized spacial score (nSPS) is 10.5. The van der Waals surface area contributed by atoms with Gasteiger partial charge in [-0.05, 0) is 66.3 Å². The monoisotopic (exact) mass is 365 g/mol. The number of hydrogen-bond donors (Lipinski definition) is 2. The highest BCUT2D eigenvalue weighted by molar-refractivity contribution is 7.80. The summed E-state index contributed by atoms with van der Waals surface area (Å²) in [5.74, 6) is 1.18. The molecule has 26 heavy (non-hydrogen) atoms. The smallest absolute Gasteiger partial charge is 0.191 e. The summed E-state index contributed by atoms with van der Waals surface area (Å²) in [5.41, 5.74) is 4.25. The van der Waals surface area contributed by atoms with Crippen molar-refractivity contribution in [3.05, 3.63) is 90.2 Å². The molecule has 0 saturated heterocycles. The summed E-state index contributed by atoms with van der Waals surface area (Å²) in [4.78, 5) is 0. The zero-order valence-electron chi connectivity index (χ0n) is 13.7. The molecule has 0 fully saturated rings. The number of benzene rings is 3. The summed E-state index contributed by atoms with van der Waals surface area (Å²) in [6.45, 7) is 0. The zero-order chi connectivity index (χ0) is 18.2. The molecule has 0 saturated carbocycles. The van der Waals surface area contributed by atoms with E-state index >= 15 is 0 Å². The molecule has 130 valence electrons. The third kappa shape index (κ3) is 5.39. The molecule has 0 bridgehead atoms. The van der Waals surface area contributed by atoms with Gasteiger partial charge in [0.15, 0.2) is 5.11 Å². The number of nitrogens with zero attached hydrogens (tertiary/aromatic N) is 1. The number of hydrazone groups is 1. The van der Waals surface area contributed by atoms with E-state index in [0.717, 1.165) is 11.3 Å². The van der Waals surface area contributed by atoms with E-state index in [4.69, 9.17) is 17.0 Å². The second-order valence-corrected chi connectivity index (χ2v) is 5.73. The van der Waals surface area contributed by atoms with Gasteiger partial charge in [-0.2, -0.15) is 5.10 Å². The van der Waals surface area contributed by atoms with Crippen LogP contribution in [0.3, 0.4) is 0 Å². The van der Waals surface area contributed by atoms with Crippen LogP contribution in [0.5, 0.6) is 11.5 Å². The van der Waals surface area contributed by atoms with Crippen molar-refractivity contribution in [3.8, 4) is 11.5 Å². The predicted octanol–water partition coefficient (Wildman–Crippen LogP) is 4.94. The van der Waals surface area contributed by atoms with Crippen molar-refractivity contribution < 1.29 is 9.13 Å². The average Bonchev–Trinajstić information content (AvgIpc) is 2.65. The van der Waals surface area contributed by atoms with Crippen LogP contribution >= 0.6 is 12.2 Å². The quantitative estimate of drug-likeness (QED) is 0.382. The van der Waals surface area contributed by atoms with E-state index in [9.17, 15) is 4.39 Å². The van der Waals surface area contributed by atoms with Gasteiger partial charge in [0.25, 0.3) is 0 Å². The van der Waals surface area contributed by atoms with E-state index in [1.54, 1.807) is 18.3 Å². The summed E-state index contributed by atoms with van der Waals surface area (Å²) in [5, 5.41) is 7.32. The van der Waals surface area contributed by atoms with Crippen LogP contribution in [0, 0.1) is 5.82 Å². The molecule has 2 N–H and O–H groups in total. The van der Waals surface area contributed by atoms with Crippen LogP contribution in [0.4, 0.5) is 10.1 Å². The van der Waals surface area contributed by atoms with Crippen molar-refractivity contribution in [2.24, 2.45) is 5.10 Å². The van der Waals surface area contributed by atoms with Gasteiger partial charge < -0.3 is 10.1 Å². The molecule has 3 rings (SSSR count). The lowest BCUT2D eigenvalue weighted by molar-refractivity contribution is 0.482. The van der Waals surface area contributed by atoms with Gasteiger partial charge >= 0.3 is 0 Å². The fourth-order valence-electron chi connectivity index (χ4n) is 2.14. The van der Waals surface area contributed by atoms with E-state index in [1.807, 2.05) is 54.6 Å². The van der Waals surface area contributed by atoms with E-state index in [-0.39, 0.29) is 5.82 Å². The zero-order valence-corrected chi connectivity index (χ0v) is 14.5. The second-order valence-electron chi connectivity index (χ2n) is 5.32. The largest absolute Gasteiger partial charge is 0.457 e. The molecule has 3 aromatic carbocycles. The second kappa shape index (κ2) is 8.73. The fraction of sp³-hybridized carbons (Fsp3) is 0. The lowest BCUT2D eigenvalue weighted by Gasteiger charge is -2.07. The predicted molar refractivity (Wildman–Crippen MR) is 106 cm³/mol. The van der Waals surface area contributed by atoms with Crippen LogP contribution in [-0.4, -0.2) is 11.3 Å². The van der Waals surface area contributed by atoms with Gasteiger partial charge in [0.05, 0.1) is 6.21 Å². The molecule has 6 heteroatoms. The number of rotatable bonds is 5. The molecule has 3 aromatic rings. The Morgan fingerprint density at radius 1 is 0.923 bits per heavy atom. The summed E-state index contributed by atoms with van der Waals surface area (Å²) < 4.78 is 18.7. The highest BCUT2D eigenvalue weighted by Gasteiger charge is 1.99. The lowest BCUT2D eigenvalue weighted by atomic mass is 10.2. The molecular formula is C20H16FN3OS. The molecular weight excluding hydrogens is 349 g/mol. The van der Waals surface area contributed by atoms with Crippen molar-refractivity contribution in [3.63, 3.8) is 0 Å². The molecule has 0 amide bonds. The van der Waals surface area contributed by atoms with E-state index in [2.05, 4.69) is 15.8 Å². The highest BCUT2D eigenvalue weighted by Crippen LogP contribution is 2.21. The maximum Gasteiger partial charge on any atom is 0.191 e. The molecule has 0 aliphatic rings. The summed E-state index contributed by atoms with van der Waals surface area (Å²) in [7, 11) is 0. The Labute approximate surface area is 156 Å². The van der Waals surface area contributed by atoms with Gasteiger partial charge in [-0.15, -0.1) is 0 Å². The Hall–Kier alpha value is -3.25. The number of nitrogens with one attached hydrogen (secondary N) is 2. The van der Waals surface area contributed by atoms with E-state index < -0.39 is 0 Å². The van der Waals surface area contributed by atoms with Crippen LogP contribution in [-0.2, 0) is 0 Å². The highest BCUT2D eigenvalue weighted by atomic mass is 32.1. The Morgan fingerprint density at radius 2 is 1.65 bits per heavy atom. The van der Waals surface area contributed by atoms with E-state index in [0.29, 0.717) is 16.5 Å². The van der Waals surface area contributed by atoms with Crippen LogP contribution in [0.15, 0.2) is 84.0 Å². The summed E-state index contributed by atoms with van der Waals surface area (Å²) in [6, 6.07) is 23.0. The molecule has 0 aliphatic heterocycles. The van der Waals surface area contributed by atoms with Gasteiger partial charge in [-0.25, -0.2) is 4.39 Å². The number of ether oxygens (including phenoxy) is 1. The first-order valence-corrected chi connectivity index (χ1v) is 8.28. The minimum absolute atomic E-state index is 0.301. The van der Waals surface area contributed by atoms with Gasteiger partial charge in [-0.1, -0.05) is 30.3 Å². The van der Waals surface area contributed by atoms with Crippen LogP contribution in [0.1, 0.15) is 5.56 Å². The minimum atomic E-state index is -0.301. The van der Waals surface area contributed by atoms with Gasteiger partial charge in [0.2, 0.25) is 0 Å². The van der Waals surface area contributed by atoms with Crippen LogP contribution in [0.25, 0.3) is 0 Å². The molecule has 0 unspecified atom stereocenters. The maximum absolute atomic E-state index is 12.9. The Bertz CT molecular complexity index is 898. The van der Waals surface area contributed by atoms with Crippen molar-refractivity contribution in [2.75, 3.05) is 5.32 Å². The number of halogens is 1. The van der Waals surface area contributed by atoms with Crippen molar-refractivity contribution in [1.82, 2.24) is 5.43 Å². The minimum Gasteiger partial charge on any atom is -0.457 e. The van der Waals surface area contributed by atoms with Crippen molar-refractivity contribution >= 4 is 29.2 Å². The maximum atomic E-state index is 12.9. The number of thiocarbonyl (C=S) groups is 1. The Morgan fingerprint density at radius 3 is 2.42 bits per heavy atom. The lowest BCUT2D eigenvalue weighted by Crippen LogP contribution is -2.23. The molecule has 0 atom stereocenters. The van der Waals surface area contributed by atoms with Crippen LogP contribution < -0.4 is 15.5 Å². The number of anilines is 1.